The second-order valence-corrected chi connectivity index (χ2v) is 6.20. The van der Waals surface area contributed by atoms with Crippen molar-refractivity contribution in [1.29, 1.82) is 0 Å². The Balaban J connectivity index is 1.65. The lowest BCUT2D eigenvalue weighted by Crippen LogP contribution is -2.48. The molecular weight excluding hydrogens is 330 g/mol. The Morgan fingerprint density at radius 3 is 2.54 bits per heavy atom. The number of nitrogens with one attached hydrogen (secondary N) is 2. The molecule has 0 radical (unpaired) electrons. The van der Waals surface area contributed by atoms with Crippen LogP contribution in [0.15, 0.2) is 35.3 Å². The SMILES string of the molecule is CCNC(=NCCN1CCN(C(C)=O)CC1)NCCOc1ccccc1. The van der Waals surface area contributed by atoms with Gasteiger partial charge in [0.1, 0.15) is 12.4 Å². The third-order valence-corrected chi connectivity index (χ3v) is 4.25. The zero-order valence-electron chi connectivity index (χ0n) is 15.9. The van der Waals surface area contributed by atoms with Crippen LogP contribution in [0.25, 0.3) is 0 Å². The van der Waals surface area contributed by atoms with Crippen molar-refractivity contribution in [2.75, 3.05) is 59.0 Å². The minimum atomic E-state index is 0.166. The number of ether oxygens (including phenoxy) is 1. The number of benzene rings is 1. The summed E-state index contributed by atoms with van der Waals surface area (Å²) in [5.74, 6) is 1.85. The Kier molecular flexibility index (Phi) is 8.75. The molecule has 0 aliphatic carbocycles. The van der Waals surface area contributed by atoms with Gasteiger partial charge in [0.2, 0.25) is 5.91 Å². The predicted molar refractivity (Wildman–Crippen MR) is 105 cm³/mol. The molecule has 7 nitrogen and oxygen atoms in total. The van der Waals surface area contributed by atoms with Crippen LogP contribution in [0.3, 0.4) is 0 Å². The molecule has 144 valence electrons. The maximum atomic E-state index is 11.4. The van der Waals surface area contributed by atoms with E-state index >= 15 is 0 Å². The van der Waals surface area contributed by atoms with E-state index in [1.165, 1.54) is 0 Å². The molecule has 0 unspecified atom stereocenters. The first kappa shape index (κ1) is 20.0. The lowest BCUT2D eigenvalue weighted by Gasteiger charge is -2.33. The van der Waals surface area contributed by atoms with Crippen molar-refractivity contribution in [2.45, 2.75) is 13.8 Å². The molecule has 2 N–H and O–H groups in total. The van der Waals surface area contributed by atoms with E-state index < -0.39 is 0 Å². The smallest absolute Gasteiger partial charge is 0.219 e. The lowest BCUT2D eigenvalue weighted by atomic mass is 10.3. The monoisotopic (exact) mass is 361 g/mol. The number of amides is 1. The van der Waals surface area contributed by atoms with Crippen LogP contribution in [0.1, 0.15) is 13.8 Å². The minimum absolute atomic E-state index is 0.166. The maximum absolute atomic E-state index is 11.4. The molecule has 1 aromatic carbocycles. The van der Waals surface area contributed by atoms with Gasteiger partial charge in [-0.2, -0.15) is 0 Å². The molecule has 1 saturated heterocycles. The van der Waals surface area contributed by atoms with Crippen LogP contribution in [-0.2, 0) is 4.79 Å². The van der Waals surface area contributed by atoms with Crippen LogP contribution in [0.5, 0.6) is 5.75 Å². The summed E-state index contributed by atoms with van der Waals surface area (Å²) < 4.78 is 5.68. The van der Waals surface area contributed by atoms with Crippen molar-refractivity contribution in [3.8, 4) is 5.75 Å². The molecule has 0 spiro atoms. The van der Waals surface area contributed by atoms with E-state index in [0.717, 1.165) is 57.5 Å². The number of rotatable bonds is 8. The Morgan fingerprint density at radius 2 is 1.88 bits per heavy atom. The number of guanidine groups is 1. The standard InChI is InChI=1S/C19H31N5O2/c1-3-20-19(22-10-16-26-18-7-5-4-6-8-18)21-9-11-23-12-14-24(15-13-23)17(2)25/h4-8H,3,9-16H2,1-2H3,(H2,20,21,22). The zero-order chi connectivity index (χ0) is 18.6. The van der Waals surface area contributed by atoms with Gasteiger partial charge in [-0.25, -0.2) is 0 Å². The largest absolute Gasteiger partial charge is 0.492 e. The summed E-state index contributed by atoms with van der Waals surface area (Å²) in [6.45, 7) is 10.9. The second kappa shape index (κ2) is 11.4. The third kappa shape index (κ3) is 7.31. The topological polar surface area (TPSA) is 69.2 Å². The van der Waals surface area contributed by atoms with Crippen LogP contribution in [-0.4, -0.2) is 80.6 Å². The molecule has 1 aromatic rings. The first-order chi connectivity index (χ1) is 12.7. The van der Waals surface area contributed by atoms with E-state index in [4.69, 9.17) is 4.74 Å². The third-order valence-electron chi connectivity index (χ3n) is 4.25. The molecule has 1 fully saturated rings. The summed E-state index contributed by atoms with van der Waals surface area (Å²) in [6.07, 6.45) is 0. The molecule has 1 heterocycles. The summed E-state index contributed by atoms with van der Waals surface area (Å²) in [6, 6.07) is 9.80. The Labute approximate surface area is 156 Å². The van der Waals surface area contributed by atoms with Gasteiger partial charge in [-0.1, -0.05) is 18.2 Å². The quantitative estimate of drug-likeness (QED) is 0.407. The van der Waals surface area contributed by atoms with Crippen LogP contribution >= 0.6 is 0 Å². The first-order valence-corrected chi connectivity index (χ1v) is 9.37. The fourth-order valence-corrected chi connectivity index (χ4v) is 2.79. The van der Waals surface area contributed by atoms with Gasteiger partial charge in [0.05, 0.1) is 13.1 Å². The van der Waals surface area contributed by atoms with E-state index in [0.29, 0.717) is 13.2 Å². The average Bonchev–Trinajstić information content (AvgIpc) is 2.66. The molecule has 26 heavy (non-hydrogen) atoms. The highest BCUT2D eigenvalue weighted by Gasteiger charge is 2.17. The van der Waals surface area contributed by atoms with Crippen LogP contribution < -0.4 is 15.4 Å². The zero-order valence-corrected chi connectivity index (χ0v) is 15.9. The number of hydrogen-bond donors (Lipinski definition) is 2. The van der Waals surface area contributed by atoms with Crippen LogP contribution in [0.4, 0.5) is 0 Å². The number of piperazine rings is 1. The van der Waals surface area contributed by atoms with Gasteiger partial charge in [0.25, 0.3) is 0 Å². The summed E-state index contributed by atoms with van der Waals surface area (Å²) in [7, 11) is 0. The van der Waals surface area contributed by atoms with E-state index in [2.05, 4.69) is 27.4 Å². The summed E-state index contributed by atoms with van der Waals surface area (Å²) in [4.78, 5) is 20.2. The number of nitrogens with zero attached hydrogens (tertiary/aromatic N) is 3. The van der Waals surface area contributed by atoms with Gasteiger partial charge in [0, 0.05) is 46.2 Å². The highest BCUT2D eigenvalue weighted by Crippen LogP contribution is 2.07. The summed E-state index contributed by atoms with van der Waals surface area (Å²) in [5, 5.41) is 6.55. The molecule has 0 bridgehead atoms. The van der Waals surface area contributed by atoms with Crippen molar-refractivity contribution in [2.24, 2.45) is 4.99 Å². The Bertz CT molecular complexity index is 556. The highest BCUT2D eigenvalue weighted by atomic mass is 16.5. The summed E-state index contributed by atoms with van der Waals surface area (Å²) >= 11 is 0. The Morgan fingerprint density at radius 1 is 1.15 bits per heavy atom. The molecule has 7 heteroatoms. The second-order valence-electron chi connectivity index (χ2n) is 6.20. The summed E-state index contributed by atoms with van der Waals surface area (Å²) in [5.41, 5.74) is 0. The molecule has 0 saturated carbocycles. The number of para-hydroxylation sites is 1. The average molecular weight is 361 g/mol. The fourth-order valence-electron chi connectivity index (χ4n) is 2.79. The van der Waals surface area contributed by atoms with Gasteiger partial charge >= 0.3 is 0 Å². The normalized spacial score (nSPS) is 15.6. The maximum Gasteiger partial charge on any atom is 0.219 e. The molecule has 1 aliphatic rings. The lowest BCUT2D eigenvalue weighted by molar-refractivity contribution is -0.130. The van der Waals surface area contributed by atoms with Crippen molar-refractivity contribution in [3.05, 3.63) is 30.3 Å². The Hall–Kier alpha value is -2.28. The minimum Gasteiger partial charge on any atom is -0.492 e. The predicted octanol–water partition coefficient (Wildman–Crippen LogP) is 0.785. The molecule has 0 atom stereocenters. The van der Waals surface area contributed by atoms with E-state index in [1.54, 1.807) is 6.92 Å². The highest BCUT2D eigenvalue weighted by molar-refractivity contribution is 5.79. The van der Waals surface area contributed by atoms with E-state index in [1.807, 2.05) is 35.2 Å². The van der Waals surface area contributed by atoms with E-state index in [-0.39, 0.29) is 5.91 Å². The molecule has 2 rings (SSSR count). The van der Waals surface area contributed by atoms with Crippen molar-refractivity contribution < 1.29 is 9.53 Å². The number of carbonyl (C=O) groups is 1. The van der Waals surface area contributed by atoms with Gasteiger partial charge < -0.3 is 20.3 Å². The van der Waals surface area contributed by atoms with Gasteiger partial charge in [0.15, 0.2) is 5.96 Å². The fraction of sp³-hybridized carbons (Fsp3) is 0.579. The molecule has 1 aliphatic heterocycles. The van der Waals surface area contributed by atoms with Crippen molar-refractivity contribution in [1.82, 2.24) is 20.4 Å². The van der Waals surface area contributed by atoms with E-state index in [9.17, 15) is 4.79 Å². The van der Waals surface area contributed by atoms with Crippen molar-refractivity contribution in [3.63, 3.8) is 0 Å². The van der Waals surface area contributed by atoms with Crippen LogP contribution in [0, 0.1) is 0 Å². The number of aliphatic imine (C=N–C) groups is 1. The molecule has 0 aromatic heterocycles. The van der Waals surface area contributed by atoms with Gasteiger partial charge in [-0.3, -0.25) is 14.7 Å². The first-order valence-electron chi connectivity index (χ1n) is 9.37. The molecular formula is C19H31N5O2. The van der Waals surface area contributed by atoms with Crippen LogP contribution in [0.2, 0.25) is 0 Å². The number of hydrogen-bond acceptors (Lipinski definition) is 4. The van der Waals surface area contributed by atoms with Crippen molar-refractivity contribution >= 4 is 11.9 Å². The van der Waals surface area contributed by atoms with Gasteiger partial charge in [-0.05, 0) is 19.1 Å². The van der Waals surface area contributed by atoms with Gasteiger partial charge in [-0.15, -0.1) is 0 Å². The number of carbonyl (C=O) groups excluding carboxylic acids is 1. The molecule has 1 amide bonds.